The zero-order chi connectivity index (χ0) is 13.4. The second-order valence-electron chi connectivity index (χ2n) is 4.35. The zero-order valence-corrected chi connectivity index (χ0v) is 10.4. The van der Waals surface area contributed by atoms with Gasteiger partial charge in [0.1, 0.15) is 11.3 Å². The zero-order valence-electron chi connectivity index (χ0n) is 10.4. The molecule has 0 saturated carbocycles. The van der Waals surface area contributed by atoms with Gasteiger partial charge in [-0.15, -0.1) is 0 Å². The number of fused-ring (bicyclic) bond motifs is 2. The van der Waals surface area contributed by atoms with E-state index in [0.717, 1.165) is 16.6 Å². The molecule has 3 aromatic heterocycles. The van der Waals surface area contributed by atoms with Gasteiger partial charge in [-0.2, -0.15) is 5.10 Å². The number of rotatable bonds is 0. The summed E-state index contributed by atoms with van der Waals surface area (Å²) in [5.74, 6) is 6.65. The molecule has 0 bridgehead atoms. The number of aromatic nitrogens is 3. The maximum atomic E-state index is 5.64. The summed E-state index contributed by atoms with van der Waals surface area (Å²) >= 11 is 0. The van der Waals surface area contributed by atoms with E-state index in [2.05, 4.69) is 21.9 Å². The van der Waals surface area contributed by atoms with Gasteiger partial charge >= 0.3 is 0 Å². The molecule has 0 amide bonds. The Hall–Kier alpha value is -3.06. The highest BCUT2D eigenvalue weighted by Crippen LogP contribution is 2.17. The molecule has 4 heteroatoms. The highest BCUT2D eigenvalue weighted by Gasteiger charge is 2.00. The summed E-state index contributed by atoms with van der Waals surface area (Å²) in [5, 5.41) is 5.15. The highest BCUT2D eigenvalue weighted by atomic mass is 16.3. The van der Waals surface area contributed by atoms with Crippen LogP contribution in [0.25, 0.3) is 16.6 Å². The van der Waals surface area contributed by atoms with E-state index in [1.807, 2.05) is 48.7 Å². The van der Waals surface area contributed by atoms with Gasteiger partial charge in [0, 0.05) is 23.7 Å². The van der Waals surface area contributed by atoms with Crippen molar-refractivity contribution in [2.75, 3.05) is 0 Å². The van der Waals surface area contributed by atoms with Crippen molar-refractivity contribution in [2.45, 2.75) is 0 Å². The third kappa shape index (κ3) is 1.82. The molecule has 0 aliphatic heterocycles. The second kappa shape index (κ2) is 4.25. The van der Waals surface area contributed by atoms with E-state index in [-0.39, 0.29) is 0 Å². The average molecular weight is 259 g/mol. The molecule has 94 valence electrons. The van der Waals surface area contributed by atoms with Crippen LogP contribution in [0.5, 0.6) is 0 Å². The van der Waals surface area contributed by atoms with Crippen molar-refractivity contribution in [2.24, 2.45) is 0 Å². The first-order chi connectivity index (χ1) is 9.88. The Bertz CT molecular complexity index is 930. The van der Waals surface area contributed by atoms with Gasteiger partial charge in [0.2, 0.25) is 0 Å². The molecule has 0 spiro atoms. The Labute approximate surface area is 114 Å². The van der Waals surface area contributed by atoms with Gasteiger partial charge in [-0.05, 0) is 24.0 Å². The Balaban J connectivity index is 1.74. The summed E-state index contributed by atoms with van der Waals surface area (Å²) in [6.45, 7) is 0. The standard InChI is InChI=1S/C16H9N3O/c1-2-4-15-12(3-1)11-14(20-15)6-5-13-8-10-19-16(18-13)7-9-17-19/h1-4,7-11H. The first kappa shape index (κ1) is 10.8. The van der Waals surface area contributed by atoms with Gasteiger partial charge in [-0.25, -0.2) is 9.50 Å². The predicted molar refractivity (Wildman–Crippen MR) is 75.2 cm³/mol. The van der Waals surface area contributed by atoms with Crippen LogP contribution in [-0.2, 0) is 0 Å². The van der Waals surface area contributed by atoms with E-state index in [0.29, 0.717) is 11.5 Å². The number of furan rings is 1. The second-order valence-corrected chi connectivity index (χ2v) is 4.35. The first-order valence-corrected chi connectivity index (χ1v) is 6.19. The van der Waals surface area contributed by atoms with Crippen molar-refractivity contribution < 1.29 is 4.42 Å². The Morgan fingerprint density at radius 3 is 2.95 bits per heavy atom. The molecule has 0 aliphatic rings. The third-order valence-corrected chi connectivity index (χ3v) is 3.00. The predicted octanol–water partition coefficient (Wildman–Crippen LogP) is 2.88. The molecule has 1 aromatic carbocycles. The summed E-state index contributed by atoms with van der Waals surface area (Å²) in [4.78, 5) is 4.39. The van der Waals surface area contributed by atoms with Gasteiger partial charge in [-0.1, -0.05) is 18.2 Å². The normalized spacial score (nSPS) is 10.6. The van der Waals surface area contributed by atoms with Crippen molar-refractivity contribution in [3.8, 4) is 11.8 Å². The van der Waals surface area contributed by atoms with Gasteiger partial charge < -0.3 is 4.42 Å². The summed E-state index contributed by atoms with van der Waals surface area (Å²) in [6, 6.07) is 13.4. The molecular weight excluding hydrogens is 250 g/mol. The van der Waals surface area contributed by atoms with Crippen LogP contribution in [0.3, 0.4) is 0 Å². The lowest BCUT2D eigenvalue weighted by Gasteiger charge is -1.92. The summed E-state index contributed by atoms with van der Waals surface area (Å²) in [7, 11) is 0. The van der Waals surface area contributed by atoms with Crippen LogP contribution in [0.1, 0.15) is 11.5 Å². The maximum Gasteiger partial charge on any atom is 0.178 e. The van der Waals surface area contributed by atoms with Crippen LogP contribution in [0, 0.1) is 11.8 Å². The van der Waals surface area contributed by atoms with E-state index in [9.17, 15) is 0 Å². The number of hydrogen-bond donors (Lipinski definition) is 0. The fourth-order valence-electron chi connectivity index (χ4n) is 2.05. The quantitative estimate of drug-likeness (QED) is 0.456. The number of nitrogens with zero attached hydrogens (tertiary/aromatic N) is 3. The van der Waals surface area contributed by atoms with Crippen LogP contribution in [0.2, 0.25) is 0 Å². The van der Waals surface area contributed by atoms with Gasteiger partial charge in [0.15, 0.2) is 11.4 Å². The molecule has 0 saturated heterocycles. The Morgan fingerprint density at radius 1 is 1.05 bits per heavy atom. The lowest BCUT2D eigenvalue weighted by molar-refractivity contribution is 0.601. The van der Waals surface area contributed by atoms with E-state index in [1.54, 1.807) is 10.7 Å². The van der Waals surface area contributed by atoms with Gasteiger partial charge in [-0.3, -0.25) is 0 Å². The van der Waals surface area contributed by atoms with Crippen molar-refractivity contribution in [3.63, 3.8) is 0 Å². The highest BCUT2D eigenvalue weighted by molar-refractivity contribution is 5.78. The monoisotopic (exact) mass is 259 g/mol. The van der Waals surface area contributed by atoms with Crippen molar-refractivity contribution in [1.29, 1.82) is 0 Å². The summed E-state index contributed by atoms with van der Waals surface area (Å²) < 4.78 is 7.34. The molecule has 4 aromatic rings. The van der Waals surface area contributed by atoms with Crippen LogP contribution in [0.15, 0.2) is 59.3 Å². The molecule has 0 radical (unpaired) electrons. The van der Waals surface area contributed by atoms with Crippen molar-refractivity contribution in [1.82, 2.24) is 14.6 Å². The smallest absolute Gasteiger partial charge is 0.178 e. The molecule has 0 atom stereocenters. The van der Waals surface area contributed by atoms with E-state index >= 15 is 0 Å². The minimum atomic E-state index is 0.640. The van der Waals surface area contributed by atoms with E-state index in [4.69, 9.17) is 4.42 Å². The topological polar surface area (TPSA) is 43.3 Å². The fraction of sp³-hybridized carbons (Fsp3) is 0. The van der Waals surface area contributed by atoms with Crippen molar-refractivity contribution in [3.05, 3.63) is 66.3 Å². The molecular formula is C16H9N3O. The molecule has 20 heavy (non-hydrogen) atoms. The number of hydrogen-bond acceptors (Lipinski definition) is 3. The van der Waals surface area contributed by atoms with Crippen LogP contribution in [0.4, 0.5) is 0 Å². The van der Waals surface area contributed by atoms with Crippen LogP contribution in [-0.4, -0.2) is 14.6 Å². The largest absolute Gasteiger partial charge is 0.448 e. The minimum Gasteiger partial charge on any atom is -0.448 e. The Kier molecular flexibility index (Phi) is 2.30. The number of para-hydroxylation sites is 1. The molecule has 0 fully saturated rings. The molecule has 4 nitrogen and oxygen atoms in total. The first-order valence-electron chi connectivity index (χ1n) is 6.19. The van der Waals surface area contributed by atoms with Crippen molar-refractivity contribution >= 4 is 16.6 Å². The molecule has 4 rings (SSSR count). The molecule has 0 unspecified atom stereocenters. The van der Waals surface area contributed by atoms with E-state index in [1.165, 1.54) is 0 Å². The SMILES string of the molecule is C(#Cc1cc2ccccc2o1)c1ccn2nccc2n1. The lowest BCUT2D eigenvalue weighted by atomic mass is 10.2. The minimum absolute atomic E-state index is 0.640. The maximum absolute atomic E-state index is 5.64. The molecule has 0 N–H and O–H groups in total. The fourth-order valence-corrected chi connectivity index (χ4v) is 2.05. The summed E-state index contributed by atoms with van der Waals surface area (Å²) in [6.07, 6.45) is 3.55. The van der Waals surface area contributed by atoms with Gasteiger partial charge in [0.05, 0.1) is 6.20 Å². The summed E-state index contributed by atoms with van der Waals surface area (Å²) in [5.41, 5.74) is 2.32. The molecule has 3 heterocycles. The Morgan fingerprint density at radius 2 is 2.00 bits per heavy atom. The van der Waals surface area contributed by atoms with E-state index < -0.39 is 0 Å². The van der Waals surface area contributed by atoms with Crippen LogP contribution < -0.4 is 0 Å². The molecule has 0 aliphatic carbocycles. The third-order valence-electron chi connectivity index (χ3n) is 3.00. The lowest BCUT2D eigenvalue weighted by Crippen LogP contribution is -1.91. The van der Waals surface area contributed by atoms with Gasteiger partial charge in [0.25, 0.3) is 0 Å². The van der Waals surface area contributed by atoms with Crippen LogP contribution >= 0.6 is 0 Å². The number of benzene rings is 1. The average Bonchev–Trinajstić information content (AvgIpc) is 3.10.